The third-order valence-electron chi connectivity index (χ3n) is 5.13. The molecule has 0 aliphatic rings. The Bertz CT molecular complexity index is 1030. The number of amides is 1. The molecule has 0 radical (unpaired) electrons. The van der Waals surface area contributed by atoms with Crippen molar-refractivity contribution >= 4 is 45.0 Å². The van der Waals surface area contributed by atoms with E-state index in [1.165, 1.54) is 5.56 Å². The minimum atomic E-state index is -0.0115. The number of carbonyl (C=O) groups excluding carboxylic acids is 1. The zero-order chi connectivity index (χ0) is 21.1. The fourth-order valence-corrected chi connectivity index (χ4v) is 4.31. The molecule has 0 bridgehead atoms. The fraction of sp³-hybridized carbons (Fsp3) is 0.391. The van der Waals surface area contributed by atoms with E-state index in [2.05, 4.69) is 18.7 Å². The molecular weight excluding hydrogens is 418 g/mol. The van der Waals surface area contributed by atoms with Crippen LogP contribution in [0.3, 0.4) is 0 Å². The largest absolute Gasteiger partial charge is 0.494 e. The number of rotatable bonds is 7. The maximum Gasteiger partial charge on any atom is 0.260 e. The number of hydrogen-bond acceptors (Lipinski definition) is 5. The number of anilines is 1. The van der Waals surface area contributed by atoms with Gasteiger partial charge in [-0.1, -0.05) is 23.5 Å². The lowest BCUT2D eigenvalue weighted by Crippen LogP contribution is -2.33. The van der Waals surface area contributed by atoms with Gasteiger partial charge >= 0.3 is 0 Å². The van der Waals surface area contributed by atoms with Crippen LogP contribution in [-0.4, -0.2) is 50.1 Å². The molecule has 3 rings (SSSR count). The molecule has 7 heteroatoms. The molecule has 0 saturated carbocycles. The van der Waals surface area contributed by atoms with Gasteiger partial charge in [0.15, 0.2) is 5.13 Å². The highest BCUT2D eigenvalue weighted by atomic mass is 35.5. The van der Waals surface area contributed by atoms with Crippen LogP contribution in [0.4, 0.5) is 5.13 Å². The minimum Gasteiger partial charge on any atom is -0.494 e. The van der Waals surface area contributed by atoms with Gasteiger partial charge in [-0.2, -0.15) is 0 Å². The first-order chi connectivity index (χ1) is 13.8. The molecule has 0 N–H and O–H groups in total. The first-order valence-corrected chi connectivity index (χ1v) is 10.6. The number of hydrogen-bond donors (Lipinski definition) is 0. The monoisotopic (exact) mass is 447 g/mol. The summed E-state index contributed by atoms with van der Waals surface area (Å²) in [5, 5.41) is 0.717. The summed E-state index contributed by atoms with van der Waals surface area (Å²) < 4.78 is 6.56. The van der Waals surface area contributed by atoms with Crippen LogP contribution in [-0.2, 0) is 0 Å². The average molecular weight is 448 g/mol. The Morgan fingerprint density at radius 2 is 1.73 bits per heavy atom. The Kier molecular flexibility index (Phi) is 8.24. The number of ether oxygens (including phenoxy) is 1. The second-order valence-electron chi connectivity index (χ2n) is 7.67. The Balaban J connectivity index is 0.00000320. The molecule has 1 amide bonds. The minimum absolute atomic E-state index is 0. The predicted molar refractivity (Wildman–Crippen MR) is 129 cm³/mol. The molecule has 3 aromatic rings. The molecule has 0 aliphatic carbocycles. The van der Waals surface area contributed by atoms with E-state index in [9.17, 15) is 4.79 Å². The number of fused-ring (bicyclic) bond motifs is 1. The lowest BCUT2D eigenvalue weighted by Gasteiger charge is -2.21. The summed E-state index contributed by atoms with van der Waals surface area (Å²) in [6.45, 7) is 7.68. The quantitative estimate of drug-likeness (QED) is 0.496. The molecule has 162 valence electrons. The van der Waals surface area contributed by atoms with Crippen LogP contribution in [0.1, 0.15) is 33.5 Å². The molecule has 2 aromatic carbocycles. The molecule has 0 saturated heterocycles. The summed E-state index contributed by atoms with van der Waals surface area (Å²) in [7, 11) is 5.74. The van der Waals surface area contributed by atoms with Gasteiger partial charge in [0.05, 0.1) is 11.8 Å². The summed E-state index contributed by atoms with van der Waals surface area (Å²) in [6, 6.07) is 9.85. The highest BCUT2D eigenvalue weighted by Crippen LogP contribution is 2.37. The van der Waals surface area contributed by atoms with E-state index in [4.69, 9.17) is 9.72 Å². The average Bonchev–Trinajstić information content (AvgIpc) is 3.13. The van der Waals surface area contributed by atoms with Crippen molar-refractivity contribution < 1.29 is 9.53 Å². The number of halogens is 1. The summed E-state index contributed by atoms with van der Waals surface area (Å²) in [4.78, 5) is 22.2. The second-order valence-corrected chi connectivity index (χ2v) is 8.65. The molecule has 30 heavy (non-hydrogen) atoms. The lowest BCUT2D eigenvalue weighted by molar-refractivity contribution is 0.0986. The molecule has 5 nitrogen and oxygen atoms in total. The van der Waals surface area contributed by atoms with Crippen molar-refractivity contribution in [1.82, 2.24) is 9.88 Å². The van der Waals surface area contributed by atoms with Crippen molar-refractivity contribution in [1.29, 1.82) is 0 Å². The Hall–Kier alpha value is -2.15. The van der Waals surface area contributed by atoms with Gasteiger partial charge in [-0.3, -0.25) is 9.69 Å². The first kappa shape index (κ1) is 24.1. The van der Waals surface area contributed by atoms with Gasteiger partial charge in [0.2, 0.25) is 0 Å². The van der Waals surface area contributed by atoms with Gasteiger partial charge in [-0.05, 0) is 82.7 Å². The zero-order valence-corrected chi connectivity index (χ0v) is 20.1. The van der Waals surface area contributed by atoms with E-state index in [1.807, 2.05) is 56.3 Å². The van der Waals surface area contributed by atoms with E-state index < -0.39 is 0 Å². The van der Waals surface area contributed by atoms with Gasteiger partial charge in [-0.15, -0.1) is 12.4 Å². The normalized spacial score (nSPS) is 10.9. The number of thiazole rings is 1. The van der Waals surface area contributed by atoms with E-state index in [0.717, 1.165) is 45.2 Å². The number of nitrogens with zero attached hydrogens (tertiary/aromatic N) is 3. The molecule has 0 fully saturated rings. The van der Waals surface area contributed by atoms with Gasteiger partial charge in [-0.25, -0.2) is 4.98 Å². The number of carbonyl (C=O) groups is 1. The van der Waals surface area contributed by atoms with E-state index in [-0.39, 0.29) is 18.3 Å². The van der Waals surface area contributed by atoms with Crippen LogP contribution in [0, 0.1) is 20.8 Å². The Morgan fingerprint density at radius 1 is 1.03 bits per heavy atom. The number of aryl methyl sites for hydroxylation is 3. The van der Waals surface area contributed by atoms with Crippen molar-refractivity contribution in [3.8, 4) is 5.75 Å². The third-order valence-corrected chi connectivity index (χ3v) is 6.34. The molecular formula is C23H30ClN3O2S. The van der Waals surface area contributed by atoms with Gasteiger partial charge < -0.3 is 9.64 Å². The third kappa shape index (κ3) is 5.12. The number of methoxy groups -OCH3 is 1. The van der Waals surface area contributed by atoms with Crippen LogP contribution >= 0.6 is 23.7 Å². The highest BCUT2D eigenvalue weighted by molar-refractivity contribution is 7.22. The standard InChI is InChI=1S/C23H29N3O2S.ClH/c1-15-8-10-18(14-17(15)3)22(27)26(13-7-12-25(4)5)23-24-20-19(28-6)11-9-16(2)21(20)29-23;/h8-11,14H,7,12-13H2,1-6H3;1H. The highest BCUT2D eigenvalue weighted by Gasteiger charge is 2.23. The van der Waals surface area contributed by atoms with Crippen LogP contribution < -0.4 is 9.64 Å². The van der Waals surface area contributed by atoms with E-state index >= 15 is 0 Å². The van der Waals surface area contributed by atoms with Crippen molar-refractivity contribution in [3.05, 3.63) is 52.6 Å². The van der Waals surface area contributed by atoms with Crippen LogP contribution in [0.15, 0.2) is 30.3 Å². The smallest absolute Gasteiger partial charge is 0.260 e. The van der Waals surface area contributed by atoms with Crippen molar-refractivity contribution in [2.75, 3.05) is 39.2 Å². The topological polar surface area (TPSA) is 45.7 Å². The molecule has 0 atom stereocenters. The van der Waals surface area contributed by atoms with Crippen molar-refractivity contribution in [2.24, 2.45) is 0 Å². The Morgan fingerprint density at radius 3 is 2.37 bits per heavy atom. The predicted octanol–water partition coefficient (Wildman–Crippen LogP) is 5.25. The first-order valence-electron chi connectivity index (χ1n) is 9.79. The molecule has 0 aliphatic heterocycles. The van der Waals surface area contributed by atoms with Gasteiger partial charge in [0.1, 0.15) is 11.3 Å². The second kappa shape index (κ2) is 10.2. The summed E-state index contributed by atoms with van der Waals surface area (Å²) in [6.07, 6.45) is 0.871. The molecule has 0 spiro atoms. The molecule has 0 unspecified atom stereocenters. The number of aromatic nitrogens is 1. The van der Waals surface area contributed by atoms with E-state index in [1.54, 1.807) is 18.4 Å². The van der Waals surface area contributed by atoms with Crippen LogP contribution in [0.25, 0.3) is 10.2 Å². The van der Waals surface area contributed by atoms with Crippen molar-refractivity contribution in [3.63, 3.8) is 0 Å². The van der Waals surface area contributed by atoms with Gasteiger partial charge in [0.25, 0.3) is 5.91 Å². The maximum atomic E-state index is 13.4. The summed E-state index contributed by atoms with van der Waals surface area (Å²) in [5.74, 6) is 0.725. The summed E-state index contributed by atoms with van der Waals surface area (Å²) in [5.41, 5.74) is 4.95. The lowest BCUT2D eigenvalue weighted by atomic mass is 10.1. The zero-order valence-electron chi connectivity index (χ0n) is 18.5. The molecule has 1 aromatic heterocycles. The fourth-order valence-electron chi connectivity index (χ4n) is 3.24. The number of benzene rings is 2. The van der Waals surface area contributed by atoms with Crippen LogP contribution in [0.5, 0.6) is 5.75 Å². The molecule has 1 heterocycles. The van der Waals surface area contributed by atoms with E-state index in [0.29, 0.717) is 12.1 Å². The van der Waals surface area contributed by atoms with Crippen molar-refractivity contribution in [2.45, 2.75) is 27.2 Å². The summed E-state index contributed by atoms with van der Waals surface area (Å²) >= 11 is 1.55. The van der Waals surface area contributed by atoms with Gasteiger partial charge in [0, 0.05) is 12.1 Å². The Labute approximate surface area is 189 Å². The maximum absolute atomic E-state index is 13.4. The SMILES string of the molecule is COc1ccc(C)c2sc(N(CCCN(C)C)C(=O)c3ccc(C)c(C)c3)nc12.Cl. The van der Waals surface area contributed by atoms with Crippen LogP contribution in [0.2, 0.25) is 0 Å².